The van der Waals surface area contributed by atoms with Gasteiger partial charge in [0.05, 0.1) is 0 Å². The quantitative estimate of drug-likeness (QED) is 0.649. The number of carbonyl (C=O) groups excluding carboxylic acids is 1. The highest BCUT2D eigenvalue weighted by atomic mass is 16.2. The lowest BCUT2D eigenvalue weighted by atomic mass is 10.1. The van der Waals surface area contributed by atoms with Gasteiger partial charge in [-0.25, -0.2) is 0 Å². The van der Waals surface area contributed by atoms with Gasteiger partial charge in [-0.1, -0.05) is 6.92 Å². The highest BCUT2D eigenvalue weighted by molar-refractivity contribution is 5.76. The van der Waals surface area contributed by atoms with Gasteiger partial charge < -0.3 is 10.2 Å². The van der Waals surface area contributed by atoms with Crippen molar-refractivity contribution in [1.82, 2.24) is 15.1 Å². The summed E-state index contributed by atoms with van der Waals surface area (Å²) in [6.07, 6.45) is 0.647. The van der Waals surface area contributed by atoms with E-state index in [2.05, 4.69) is 10.2 Å². The minimum absolute atomic E-state index is 0.302. The number of nitrogens with one attached hydrogen (secondary N) is 1. The second kappa shape index (κ2) is 4.28. The number of rotatable bonds is 2. The van der Waals surface area contributed by atoms with E-state index in [0.717, 1.165) is 39.3 Å². The zero-order chi connectivity index (χ0) is 9.97. The molecule has 0 aromatic rings. The summed E-state index contributed by atoms with van der Waals surface area (Å²) >= 11 is 0. The highest BCUT2D eigenvalue weighted by Gasteiger charge is 2.34. The lowest BCUT2D eigenvalue weighted by Crippen LogP contribution is -2.63. The van der Waals surface area contributed by atoms with Crippen LogP contribution in [0.25, 0.3) is 0 Å². The molecule has 0 aromatic carbocycles. The number of amides is 1. The Bertz CT molecular complexity index is 207. The second-order valence-electron chi connectivity index (χ2n) is 4.09. The standard InChI is InChI=1S/C10H19N3O/c1-2-10(14)13-7-9(8-13)12-5-3-11-4-6-12/h9,11H,2-8H2,1H3. The molecule has 0 radical (unpaired) electrons. The summed E-state index contributed by atoms with van der Waals surface area (Å²) in [5.74, 6) is 0.302. The van der Waals surface area contributed by atoms with E-state index >= 15 is 0 Å². The van der Waals surface area contributed by atoms with E-state index in [1.165, 1.54) is 0 Å². The van der Waals surface area contributed by atoms with E-state index in [1.54, 1.807) is 0 Å². The van der Waals surface area contributed by atoms with Crippen molar-refractivity contribution in [3.63, 3.8) is 0 Å². The summed E-state index contributed by atoms with van der Waals surface area (Å²) in [5.41, 5.74) is 0. The van der Waals surface area contributed by atoms with Crippen molar-refractivity contribution in [3.8, 4) is 0 Å². The molecule has 4 heteroatoms. The maximum absolute atomic E-state index is 11.3. The number of hydrogen-bond acceptors (Lipinski definition) is 3. The van der Waals surface area contributed by atoms with E-state index in [0.29, 0.717) is 18.4 Å². The molecule has 4 nitrogen and oxygen atoms in total. The van der Waals surface area contributed by atoms with Gasteiger partial charge >= 0.3 is 0 Å². The summed E-state index contributed by atoms with van der Waals surface area (Å²) in [4.78, 5) is 15.8. The Morgan fingerprint density at radius 1 is 1.36 bits per heavy atom. The van der Waals surface area contributed by atoms with Crippen LogP contribution >= 0.6 is 0 Å². The summed E-state index contributed by atoms with van der Waals surface area (Å²) in [7, 11) is 0. The molecule has 0 aromatic heterocycles. The van der Waals surface area contributed by atoms with Crippen LogP contribution in [0.2, 0.25) is 0 Å². The predicted octanol–water partition coefficient (Wildman–Crippen LogP) is -0.488. The number of nitrogens with zero attached hydrogens (tertiary/aromatic N) is 2. The first-order valence-corrected chi connectivity index (χ1v) is 5.54. The van der Waals surface area contributed by atoms with Gasteiger partial charge in [-0.3, -0.25) is 9.69 Å². The van der Waals surface area contributed by atoms with Crippen LogP contribution in [0.15, 0.2) is 0 Å². The predicted molar refractivity (Wildman–Crippen MR) is 55.1 cm³/mol. The first-order chi connectivity index (χ1) is 6.81. The summed E-state index contributed by atoms with van der Waals surface area (Å²) in [6, 6.07) is 0.632. The van der Waals surface area contributed by atoms with Gasteiger partial charge in [0.2, 0.25) is 5.91 Å². The van der Waals surface area contributed by atoms with Gasteiger partial charge in [0.1, 0.15) is 0 Å². The Hall–Kier alpha value is -0.610. The third-order valence-electron chi connectivity index (χ3n) is 3.19. The van der Waals surface area contributed by atoms with E-state index in [1.807, 2.05) is 11.8 Å². The zero-order valence-corrected chi connectivity index (χ0v) is 8.83. The number of carbonyl (C=O) groups is 1. The zero-order valence-electron chi connectivity index (χ0n) is 8.83. The fourth-order valence-electron chi connectivity index (χ4n) is 2.16. The van der Waals surface area contributed by atoms with Crippen LogP contribution in [0.1, 0.15) is 13.3 Å². The third-order valence-corrected chi connectivity index (χ3v) is 3.19. The summed E-state index contributed by atoms with van der Waals surface area (Å²) in [5, 5.41) is 3.34. The lowest BCUT2D eigenvalue weighted by molar-refractivity contribution is -0.138. The molecule has 80 valence electrons. The van der Waals surface area contributed by atoms with Gasteiger partial charge in [0, 0.05) is 51.7 Å². The molecule has 1 amide bonds. The van der Waals surface area contributed by atoms with Gasteiger partial charge in [0.25, 0.3) is 0 Å². The molecule has 1 N–H and O–H groups in total. The molecule has 0 atom stereocenters. The van der Waals surface area contributed by atoms with Crippen molar-refractivity contribution in [3.05, 3.63) is 0 Å². The second-order valence-corrected chi connectivity index (χ2v) is 4.09. The molecule has 0 aliphatic carbocycles. The smallest absolute Gasteiger partial charge is 0.222 e. The van der Waals surface area contributed by atoms with Gasteiger partial charge in [-0.05, 0) is 0 Å². The number of hydrogen-bond donors (Lipinski definition) is 1. The molecule has 2 fully saturated rings. The SMILES string of the molecule is CCC(=O)N1CC(N2CCNCC2)C1. The van der Waals surface area contributed by atoms with Crippen molar-refractivity contribution in [1.29, 1.82) is 0 Å². The normalized spacial score (nSPS) is 24.8. The highest BCUT2D eigenvalue weighted by Crippen LogP contribution is 2.16. The van der Waals surface area contributed by atoms with Crippen molar-refractivity contribution in [2.45, 2.75) is 19.4 Å². The van der Waals surface area contributed by atoms with Crippen LogP contribution in [-0.2, 0) is 4.79 Å². The van der Waals surface area contributed by atoms with Crippen molar-refractivity contribution >= 4 is 5.91 Å². The molecule has 0 spiro atoms. The van der Waals surface area contributed by atoms with Crippen LogP contribution in [0.5, 0.6) is 0 Å². The minimum Gasteiger partial charge on any atom is -0.339 e. The lowest BCUT2D eigenvalue weighted by Gasteiger charge is -2.46. The van der Waals surface area contributed by atoms with Crippen LogP contribution in [0, 0.1) is 0 Å². The molecule has 2 aliphatic rings. The van der Waals surface area contributed by atoms with Gasteiger partial charge in [-0.15, -0.1) is 0 Å². The van der Waals surface area contributed by atoms with Crippen LogP contribution in [-0.4, -0.2) is 61.0 Å². The molecule has 2 heterocycles. The molecule has 2 aliphatic heterocycles. The van der Waals surface area contributed by atoms with Crippen LogP contribution in [0.3, 0.4) is 0 Å². The average molecular weight is 197 g/mol. The Kier molecular flexibility index (Phi) is 3.03. The molecule has 2 saturated heterocycles. The largest absolute Gasteiger partial charge is 0.339 e. The van der Waals surface area contributed by atoms with Crippen molar-refractivity contribution in [2.24, 2.45) is 0 Å². The van der Waals surface area contributed by atoms with E-state index < -0.39 is 0 Å². The molecule has 0 bridgehead atoms. The fourth-order valence-corrected chi connectivity index (χ4v) is 2.16. The first kappa shape index (κ1) is 9.93. The maximum atomic E-state index is 11.3. The molecule has 14 heavy (non-hydrogen) atoms. The number of piperazine rings is 1. The van der Waals surface area contributed by atoms with Crippen molar-refractivity contribution in [2.75, 3.05) is 39.3 Å². The van der Waals surface area contributed by atoms with Crippen LogP contribution in [0.4, 0.5) is 0 Å². The van der Waals surface area contributed by atoms with Gasteiger partial charge in [0.15, 0.2) is 0 Å². The minimum atomic E-state index is 0.302. The Balaban J connectivity index is 1.73. The van der Waals surface area contributed by atoms with Crippen molar-refractivity contribution < 1.29 is 4.79 Å². The molecular weight excluding hydrogens is 178 g/mol. The molecule has 2 rings (SSSR count). The monoisotopic (exact) mass is 197 g/mol. The first-order valence-electron chi connectivity index (χ1n) is 5.54. The fraction of sp³-hybridized carbons (Fsp3) is 0.900. The van der Waals surface area contributed by atoms with E-state index in [4.69, 9.17) is 0 Å². The van der Waals surface area contributed by atoms with E-state index in [9.17, 15) is 4.79 Å². The molecule has 0 saturated carbocycles. The summed E-state index contributed by atoms with van der Waals surface area (Å²) in [6.45, 7) is 8.30. The average Bonchev–Trinajstić information content (AvgIpc) is 2.17. The Labute approximate surface area is 85.2 Å². The van der Waals surface area contributed by atoms with Crippen LogP contribution < -0.4 is 5.32 Å². The third kappa shape index (κ3) is 1.91. The number of likely N-dealkylation sites (tertiary alicyclic amines) is 1. The van der Waals surface area contributed by atoms with Gasteiger partial charge in [-0.2, -0.15) is 0 Å². The Morgan fingerprint density at radius 3 is 2.57 bits per heavy atom. The summed E-state index contributed by atoms with van der Waals surface area (Å²) < 4.78 is 0. The molecular formula is C10H19N3O. The maximum Gasteiger partial charge on any atom is 0.222 e. The molecule has 0 unspecified atom stereocenters. The van der Waals surface area contributed by atoms with E-state index in [-0.39, 0.29) is 0 Å². The topological polar surface area (TPSA) is 35.6 Å². The Morgan fingerprint density at radius 2 is 2.00 bits per heavy atom.